The van der Waals surface area contributed by atoms with Crippen LogP contribution in [0.15, 0.2) is 17.0 Å². The minimum atomic E-state index is -3.69. The summed E-state index contributed by atoms with van der Waals surface area (Å²) in [5.41, 5.74) is 0.343. The van der Waals surface area contributed by atoms with Crippen LogP contribution >= 0.6 is 23.2 Å². The Morgan fingerprint density at radius 3 is 2.30 bits per heavy atom. The lowest BCUT2D eigenvalue weighted by atomic mass is 10.2. The van der Waals surface area contributed by atoms with E-state index in [1.165, 1.54) is 16.4 Å². The number of rotatable bonds is 6. The van der Waals surface area contributed by atoms with Gasteiger partial charge in [0.05, 0.1) is 11.6 Å². The SMILES string of the molecule is CCN(CC(C)C)S(=O)(=O)c1cc(CO)c(Cl)cc1Cl. The third-order valence-corrected chi connectivity index (χ3v) is 5.57. The van der Waals surface area contributed by atoms with Gasteiger partial charge in [-0.15, -0.1) is 0 Å². The Labute approximate surface area is 130 Å². The molecule has 0 aliphatic carbocycles. The molecule has 0 radical (unpaired) electrons. The first-order valence-electron chi connectivity index (χ1n) is 6.32. The van der Waals surface area contributed by atoms with Crippen molar-refractivity contribution < 1.29 is 13.5 Å². The summed E-state index contributed by atoms with van der Waals surface area (Å²) in [5.74, 6) is 0.202. The van der Waals surface area contributed by atoms with Crippen molar-refractivity contribution in [3.8, 4) is 0 Å². The highest BCUT2D eigenvalue weighted by molar-refractivity contribution is 7.89. The Morgan fingerprint density at radius 2 is 1.85 bits per heavy atom. The zero-order valence-corrected chi connectivity index (χ0v) is 14.1. The Morgan fingerprint density at radius 1 is 1.25 bits per heavy atom. The molecule has 0 saturated heterocycles. The average Bonchev–Trinajstić information content (AvgIpc) is 2.35. The van der Waals surface area contributed by atoms with Gasteiger partial charge in [-0.2, -0.15) is 4.31 Å². The molecule has 7 heteroatoms. The lowest BCUT2D eigenvalue weighted by molar-refractivity contribution is 0.281. The highest BCUT2D eigenvalue weighted by atomic mass is 35.5. The number of aliphatic hydroxyl groups excluding tert-OH is 1. The third kappa shape index (κ3) is 3.86. The lowest BCUT2D eigenvalue weighted by Gasteiger charge is -2.23. The summed E-state index contributed by atoms with van der Waals surface area (Å²) < 4.78 is 26.6. The van der Waals surface area contributed by atoms with Crippen molar-refractivity contribution in [2.75, 3.05) is 13.1 Å². The molecular formula is C13H19Cl2NO3S. The maximum Gasteiger partial charge on any atom is 0.244 e. The monoisotopic (exact) mass is 339 g/mol. The van der Waals surface area contributed by atoms with Gasteiger partial charge in [-0.1, -0.05) is 44.0 Å². The van der Waals surface area contributed by atoms with E-state index in [-0.39, 0.29) is 27.5 Å². The second-order valence-corrected chi connectivity index (χ2v) is 7.60. The highest BCUT2D eigenvalue weighted by Gasteiger charge is 2.27. The molecule has 1 aromatic rings. The number of aliphatic hydroxyl groups is 1. The molecule has 114 valence electrons. The van der Waals surface area contributed by atoms with Crippen LogP contribution in [-0.2, 0) is 16.6 Å². The summed E-state index contributed by atoms with van der Waals surface area (Å²) in [5, 5.41) is 9.52. The predicted molar refractivity (Wildman–Crippen MR) is 81.7 cm³/mol. The molecule has 0 atom stereocenters. The van der Waals surface area contributed by atoms with Gasteiger partial charge >= 0.3 is 0 Å². The molecule has 0 fully saturated rings. The molecule has 0 aromatic heterocycles. The van der Waals surface area contributed by atoms with Crippen LogP contribution in [0, 0.1) is 5.92 Å². The minimum Gasteiger partial charge on any atom is -0.392 e. The van der Waals surface area contributed by atoms with E-state index < -0.39 is 10.0 Å². The van der Waals surface area contributed by atoms with Crippen LogP contribution in [-0.4, -0.2) is 30.9 Å². The van der Waals surface area contributed by atoms with E-state index >= 15 is 0 Å². The summed E-state index contributed by atoms with van der Waals surface area (Å²) >= 11 is 11.9. The average molecular weight is 340 g/mol. The van der Waals surface area contributed by atoms with Gasteiger partial charge in [0.25, 0.3) is 0 Å². The van der Waals surface area contributed by atoms with Gasteiger partial charge in [-0.3, -0.25) is 0 Å². The number of benzene rings is 1. The normalized spacial score (nSPS) is 12.4. The minimum absolute atomic E-state index is 0.0184. The van der Waals surface area contributed by atoms with E-state index in [4.69, 9.17) is 23.2 Å². The van der Waals surface area contributed by atoms with Crippen molar-refractivity contribution in [1.82, 2.24) is 4.31 Å². The van der Waals surface area contributed by atoms with Gasteiger partial charge in [0.1, 0.15) is 4.90 Å². The summed E-state index contributed by atoms with van der Waals surface area (Å²) in [4.78, 5) is -0.0184. The molecule has 0 unspecified atom stereocenters. The number of hydrogen-bond acceptors (Lipinski definition) is 3. The van der Waals surface area contributed by atoms with Crippen LogP contribution in [0.25, 0.3) is 0 Å². The number of sulfonamides is 1. The van der Waals surface area contributed by atoms with Crippen LogP contribution in [0.5, 0.6) is 0 Å². The number of nitrogens with zero attached hydrogens (tertiary/aromatic N) is 1. The highest BCUT2D eigenvalue weighted by Crippen LogP contribution is 2.30. The Bertz CT molecular complexity index is 573. The molecule has 4 nitrogen and oxygen atoms in total. The predicted octanol–water partition coefficient (Wildman–Crippen LogP) is 3.15. The van der Waals surface area contributed by atoms with E-state index in [1.54, 1.807) is 6.92 Å². The second-order valence-electron chi connectivity index (χ2n) is 4.88. The van der Waals surface area contributed by atoms with Crippen LogP contribution in [0.4, 0.5) is 0 Å². The molecule has 0 heterocycles. The van der Waals surface area contributed by atoms with Crippen LogP contribution in [0.1, 0.15) is 26.3 Å². The van der Waals surface area contributed by atoms with Crippen molar-refractivity contribution in [2.24, 2.45) is 5.92 Å². The smallest absolute Gasteiger partial charge is 0.244 e. The molecule has 0 amide bonds. The van der Waals surface area contributed by atoms with Crippen molar-refractivity contribution in [1.29, 1.82) is 0 Å². The Hall–Kier alpha value is -0.330. The molecule has 0 bridgehead atoms. The van der Waals surface area contributed by atoms with Crippen LogP contribution in [0.3, 0.4) is 0 Å². The Balaban J connectivity index is 3.33. The van der Waals surface area contributed by atoms with Gasteiger partial charge in [0.2, 0.25) is 10.0 Å². The quantitative estimate of drug-likeness (QED) is 0.865. The van der Waals surface area contributed by atoms with Crippen molar-refractivity contribution in [3.63, 3.8) is 0 Å². The van der Waals surface area contributed by atoms with E-state index in [2.05, 4.69) is 0 Å². The van der Waals surface area contributed by atoms with Gasteiger partial charge < -0.3 is 5.11 Å². The molecular weight excluding hydrogens is 321 g/mol. The molecule has 0 spiro atoms. The summed E-state index contributed by atoms with van der Waals surface area (Å²) in [7, 11) is -3.69. The number of hydrogen-bond donors (Lipinski definition) is 1. The van der Waals surface area contributed by atoms with Crippen LogP contribution < -0.4 is 0 Å². The fraction of sp³-hybridized carbons (Fsp3) is 0.538. The molecule has 0 aliphatic heterocycles. The summed E-state index contributed by atoms with van der Waals surface area (Å²) in [6, 6.07) is 2.69. The van der Waals surface area contributed by atoms with E-state index in [0.717, 1.165) is 0 Å². The van der Waals surface area contributed by atoms with E-state index in [1.807, 2.05) is 13.8 Å². The first-order valence-corrected chi connectivity index (χ1v) is 8.52. The third-order valence-electron chi connectivity index (χ3n) is 2.81. The van der Waals surface area contributed by atoms with Gasteiger partial charge in [0, 0.05) is 18.1 Å². The zero-order chi connectivity index (χ0) is 15.5. The fourth-order valence-electron chi connectivity index (χ4n) is 1.83. The molecule has 1 aromatic carbocycles. The van der Waals surface area contributed by atoms with Gasteiger partial charge in [0.15, 0.2) is 0 Å². The molecule has 0 saturated carbocycles. The first kappa shape index (κ1) is 17.7. The van der Waals surface area contributed by atoms with Crippen molar-refractivity contribution in [3.05, 3.63) is 27.7 Å². The standard InChI is InChI=1S/C13H19Cl2NO3S/c1-4-16(7-9(2)3)20(18,19)13-5-10(8-17)11(14)6-12(13)15/h5-6,9,17H,4,7-8H2,1-3H3. The molecule has 20 heavy (non-hydrogen) atoms. The summed E-state index contributed by atoms with van der Waals surface area (Å²) in [6.45, 7) is 6.09. The molecule has 1 rings (SSSR count). The molecule has 1 N–H and O–H groups in total. The Kier molecular flexibility index (Phi) is 6.28. The first-order chi connectivity index (χ1) is 9.23. The second kappa shape index (κ2) is 7.09. The zero-order valence-electron chi connectivity index (χ0n) is 11.7. The largest absolute Gasteiger partial charge is 0.392 e. The van der Waals surface area contributed by atoms with Gasteiger partial charge in [-0.25, -0.2) is 8.42 Å². The summed E-state index contributed by atoms with van der Waals surface area (Å²) in [6.07, 6.45) is 0. The molecule has 0 aliphatic rings. The van der Waals surface area contributed by atoms with Crippen molar-refractivity contribution in [2.45, 2.75) is 32.3 Å². The maximum atomic E-state index is 12.6. The van der Waals surface area contributed by atoms with Gasteiger partial charge in [-0.05, 0) is 23.6 Å². The fourth-order valence-corrected chi connectivity index (χ4v) is 4.28. The number of halogens is 2. The lowest BCUT2D eigenvalue weighted by Crippen LogP contribution is -2.34. The maximum absolute atomic E-state index is 12.6. The van der Waals surface area contributed by atoms with E-state index in [0.29, 0.717) is 18.7 Å². The topological polar surface area (TPSA) is 57.6 Å². The van der Waals surface area contributed by atoms with Crippen LogP contribution in [0.2, 0.25) is 10.0 Å². The van der Waals surface area contributed by atoms with E-state index in [9.17, 15) is 13.5 Å². The van der Waals surface area contributed by atoms with Crippen molar-refractivity contribution >= 4 is 33.2 Å².